The summed E-state index contributed by atoms with van der Waals surface area (Å²) in [6.07, 6.45) is 13.4. The molecule has 0 atom stereocenters. The molecule has 108 valence electrons. The highest BCUT2D eigenvalue weighted by molar-refractivity contribution is 5.35. The van der Waals surface area contributed by atoms with Gasteiger partial charge in [0, 0.05) is 0 Å². The summed E-state index contributed by atoms with van der Waals surface area (Å²) < 4.78 is 0. The van der Waals surface area contributed by atoms with Crippen LogP contribution in [0.15, 0.2) is 18.2 Å². The van der Waals surface area contributed by atoms with E-state index in [4.69, 9.17) is 0 Å². The van der Waals surface area contributed by atoms with Gasteiger partial charge in [0.1, 0.15) is 0 Å². The van der Waals surface area contributed by atoms with Crippen LogP contribution < -0.4 is 0 Å². The summed E-state index contributed by atoms with van der Waals surface area (Å²) in [4.78, 5) is 0. The maximum atomic E-state index is 2.36. The molecule has 0 nitrogen and oxygen atoms in total. The third-order valence-corrected chi connectivity index (χ3v) is 4.05. The van der Waals surface area contributed by atoms with Gasteiger partial charge in [-0.3, -0.25) is 0 Å². The summed E-state index contributed by atoms with van der Waals surface area (Å²) >= 11 is 0. The van der Waals surface area contributed by atoms with Gasteiger partial charge < -0.3 is 0 Å². The molecule has 0 saturated heterocycles. The summed E-state index contributed by atoms with van der Waals surface area (Å²) in [5.41, 5.74) is 4.85. The Kier molecular flexibility index (Phi) is 8.62. The number of hydrogen-bond donors (Lipinski definition) is 0. The fraction of sp³-hybridized carbons (Fsp3) is 0.684. The number of rotatable bonds is 10. The topological polar surface area (TPSA) is 0 Å². The first-order chi connectivity index (χ1) is 9.33. The molecule has 0 fully saturated rings. The molecule has 1 rings (SSSR count). The van der Waals surface area contributed by atoms with E-state index in [9.17, 15) is 0 Å². The lowest BCUT2D eigenvalue weighted by Crippen LogP contribution is -2.00. The van der Waals surface area contributed by atoms with Gasteiger partial charge >= 0.3 is 0 Å². The molecule has 0 N–H and O–H groups in total. The van der Waals surface area contributed by atoms with Gasteiger partial charge in [0.05, 0.1) is 0 Å². The minimum Gasteiger partial charge on any atom is -0.0654 e. The summed E-state index contributed by atoms with van der Waals surface area (Å²) in [5.74, 6) is 0. The minimum atomic E-state index is 1.18. The van der Waals surface area contributed by atoms with Gasteiger partial charge in [-0.05, 0) is 42.4 Å². The molecule has 0 heterocycles. The van der Waals surface area contributed by atoms with E-state index in [0.29, 0.717) is 0 Å². The normalized spacial score (nSPS) is 10.9. The average Bonchev–Trinajstić information content (AvgIpc) is 2.44. The Labute approximate surface area is 120 Å². The first kappa shape index (κ1) is 16.3. The van der Waals surface area contributed by atoms with E-state index in [1.807, 2.05) is 0 Å². The molecule has 0 unspecified atom stereocenters. The smallest absolute Gasteiger partial charge is 0.0276 e. The Morgan fingerprint density at radius 2 is 1.37 bits per heavy atom. The lowest BCUT2D eigenvalue weighted by molar-refractivity contribution is 0.606. The largest absolute Gasteiger partial charge is 0.0654 e. The zero-order valence-electron chi connectivity index (χ0n) is 13.3. The number of aryl methyl sites for hydroxylation is 2. The molecular formula is C19H32. The molecule has 0 spiro atoms. The van der Waals surface area contributed by atoms with Gasteiger partial charge in [0.2, 0.25) is 0 Å². The molecule has 0 aliphatic rings. The summed E-state index contributed by atoms with van der Waals surface area (Å²) in [5, 5.41) is 0. The highest BCUT2D eigenvalue weighted by Gasteiger charge is 2.06. The van der Waals surface area contributed by atoms with Crippen LogP contribution in [0.4, 0.5) is 0 Å². The second-order valence-corrected chi connectivity index (χ2v) is 5.68. The third-order valence-electron chi connectivity index (χ3n) is 4.05. The van der Waals surface area contributed by atoms with Crippen molar-refractivity contribution in [3.05, 3.63) is 34.9 Å². The Balaban J connectivity index is 2.47. The van der Waals surface area contributed by atoms with Crippen molar-refractivity contribution < 1.29 is 0 Å². The van der Waals surface area contributed by atoms with Crippen molar-refractivity contribution in [3.63, 3.8) is 0 Å². The zero-order valence-corrected chi connectivity index (χ0v) is 13.3. The van der Waals surface area contributed by atoms with Crippen LogP contribution in [0, 0.1) is 0 Å². The van der Waals surface area contributed by atoms with Crippen molar-refractivity contribution in [1.29, 1.82) is 0 Å². The number of benzene rings is 1. The van der Waals surface area contributed by atoms with Gasteiger partial charge in [-0.1, -0.05) is 77.5 Å². The molecule has 0 aromatic heterocycles. The zero-order chi connectivity index (χ0) is 13.9. The van der Waals surface area contributed by atoms with E-state index >= 15 is 0 Å². The standard InChI is InChI=1S/C19H32/c1-4-7-8-9-10-11-14-18-16-12-15-17(6-3)19(18)13-5-2/h12,15-16H,4-11,13-14H2,1-3H3. The summed E-state index contributed by atoms with van der Waals surface area (Å²) in [6, 6.07) is 6.93. The highest BCUT2D eigenvalue weighted by Crippen LogP contribution is 2.20. The molecule has 0 amide bonds. The van der Waals surface area contributed by atoms with Gasteiger partial charge in [0.15, 0.2) is 0 Å². The predicted octanol–water partition coefficient (Wildman–Crippen LogP) is 6.10. The Hall–Kier alpha value is -0.780. The van der Waals surface area contributed by atoms with E-state index in [2.05, 4.69) is 39.0 Å². The van der Waals surface area contributed by atoms with E-state index in [1.54, 1.807) is 16.7 Å². The molecule has 1 aromatic rings. The monoisotopic (exact) mass is 260 g/mol. The van der Waals surface area contributed by atoms with Gasteiger partial charge in [-0.25, -0.2) is 0 Å². The van der Waals surface area contributed by atoms with Crippen LogP contribution >= 0.6 is 0 Å². The van der Waals surface area contributed by atoms with Gasteiger partial charge in [0.25, 0.3) is 0 Å². The van der Waals surface area contributed by atoms with Crippen LogP contribution in [-0.2, 0) is 19.3 Å². The van der Waals surface area contributed by atoms with E-state index in [1.165, 1.54) is 64.2 Å². The van der Waals surface area contributed by atoms with Crippen LogP contribution in [0.1, 0.15) is 82.4 Å². The van der Waals surface area contributed by atoms with Crippen LogP contribution in [0.2, 0.25) is 0 Å². The maximum absolute atomic E-state index is 2.36. The molecule has 0 aliphatic heterocycles. The predicted molar refractivity (Wildman–Crippen MR) is 86.9 cm³/mol. The maximum Gasteiger partial charge on any atom is -0.0276 e. The van der Waals surface area contributed by atoms with E-state index in [0.717, 1.165) is 0 Å². The van der Waals surface area contributed by atoms with Crippen LogP contribution in [-0.4, -0.2) is 0 Å². The molecular weight excluding hydrogens is 228 g/mol. The van der Waals surface area contributed by atoms with Gasteiger partial charge in [-0.15, -0.1) is 0 Å². The Bertz CT molecular complexity index is 338. The molecule has 1 aromatic carbocycles. The lowest BCUT2D eigenvalue weighted by Gasteiger charge is -2.13. The minimum absolute atomic E-state index is 1.18. The number of hydrogen-bond acceptors (Lipinski definition) is 0. The first-order valence-electron chi connectivity index (χ1n) is 8.43. The quantitative estimate of drug-likeness (QED) is 0.446. The van der Waals surface area contributed by atoms with Crippen molar-refractivity contribution in [2.24, 2.45) is 0 Å². The molecule has 0 aliphatic carbocycles. The summed E-state index contributed by atoms with van der Waals surface area (Å²) in [7, 11) is 0. The van der Waals surface area contributed by atoms with Gasteiger partial charge in [-0.2, -0.15) is 0 Å². The molecule has 0 heteroatoms. The first-order valence-corrected chi connectivity index (χ1v) is 8.43. The average molecular weight is 260 g/mol. The Morgan fingerprint density at radius 1 is 0.684 bits per heavy atom. The van der Waals surface area contributed by atoms with Crippen molar-refractivity contribution in [2.75, 3.05) is 0 Å². The lowest BCUT2D eigenvalue weighted by atomic mass is 9.92. The molecule has 19 heavy (non-hydrogen) atoms. The fourth-order valence-electron chi connectivity index (χ4n) is 2.92. The second kappa shape index (κ2) is 10.1. The molecule has 0 saturated carbocycles. The fourth-order valence-corrected chi connectivity index (χ4v) is 2.92. The van der Waals surface area contributed by atoms with Crippen molar-refractivity contribution >= 4 is 0 Å². The highest BCUT2D eigenvalue weighted by atomic mass is 14.1. The van der Waals surface area contributed by atoms with Crippen LogP contribution in [0.5, 0.6) is 0 Å². The SMILES string of the molecule is CCCCCCCCc1cccc(CC)c1CCC. The summed E-state index contributed by atoms with van der Waals surface area (Å²) in [6.45, 7) is 6.86. The van der Waals surface area contributed by atoms with Crippen LogP contribution in [0.3, 0.4) is 0 Å². The third kappa shape index (κ3) is 5.80. The molecule has 0 bridgehead atoms. The van der Waals surface area contributed by atoms with Crippen LogP contribution in [0.25, 0.3) is 0 Å². The van der Waals surface area contributed by atoms with E-state index < -0.39 is 0 Å². The van der Waals surface area contributed by atoms with Crippen molar-refractivity contribution in [1.82, 2.24) is 0 Å². The van der Waals surface area contributed by atoms with E-state index in [-0.39, 0.29) is 0 Å². The number of unbranched alkanes of at least 4 members (excludes halogenated alkanes) is 5. The second-order valence-electron chi connectivity index (χ2n) is 5.68. The Morgan fingerprint density at radius 3 is 2.05 bits per heavy atom. The molecule has 0 radical (unpaired) electrons. The van der Waals surface area contributed by atoms with Crippen molar-refractivity contribution in [3.8, 4) is 0 Å². The van der Waals surface area contributed by atoms with Crippen molar-refractivity contribution in [2.45, 2.75) is 85.0 Å².